The zero-order chi connectivity index (χ0) is 13.7. The van der Waals surface area contributed by atoms with E-state index in [0.29, 0.717) is 11.4 Å². The van der Waals surface area contributed by atoms with Gasteiger partial charge in [-0.1, -0.05) is 11.6 Å². The molecule has 0 bridgehead atoms. The molecule has 0 saturated heterocycles. The number of ether oxygens (including phenoxy) is 1. The third kappa shape index (κ3) is 3.50. The van der Waals surface area contributed by atoms with Gasteiger partial charge < -0.3 is 15.2 Å². The molecule has 0 aromatic heterocycles. The lowest BCUT2D eigenvalue weighted by atomic mass is 10.1. The number of carbonyl (C=O) groups is 1. The van der Waals surface area contributed by atoms with Crippen LogP contribution in [0.15, 0.2) is 29.8 Å². The van der Waals surface area contributed by atoms with Gasteiger partial charge in [-0.3, -0.25) is 0 Å². The first-order chi connectivity index (χ1) is 9.20. The predicted molar refractivity (Wildman–Crippen MR) is 75.0 cm³/mol. The average molecular weight is 261 g/mol. The van der Waals surface area contributed by atoms with Gasteiger partial charge in [0.25, 0.3) is 0 Å². The number of carboxylic acids is 1. The molecule has 2 N–H and O–H groups in total. The van der Waals surface area contributed by atoms with Crippen LogP contribution in [0.4, 0.5) is 5.69 Å². The van der Waals surface area contributed by atoms with Crippen molar-refractivity contribution in [3.63, 3.8) is 0 Å². The monoisotopic (exact) mass is 261 g/mol. The highest BCUT2D eigenvalue weighted by Gasteiger charge is 2.11. The van der Waals surface area contributed by atoms with E-state index >= 15 is 0 Å². The number of allylic oxidation sites excluding steroid dienone is 1. The van der Waals surface area contributed by atoms with E-state index in [-0.39, 0.29) is 5.56 Å². The number of carboxylic acid groups (broad SMARTS) is 1. The van der Waals surface area contributed by atoms with Crippen molar-refractivity contribution >= 4 is 11.7 Å². The molecule has 1 aliphatic carbocycles. The molecule has 0 radical (unpaired) electrons. The summed E-state index contributed by atoms with van der Waals surface area (Å²) in [6.45, 7) is 0.749. The van der Waals surface area contributed by atoms with Gasteiger partial charge in [-0.15, -0.1) is 0 Å². The number of nitrogens with one attached hydrogen (secondary N) is 1. The van der Waals surface area contributed by atoms with E-state index < -0.39 is 5.97 Å². The summed E-state index contributed by atoms with van der Waals surface area (Å²) in [5.41, 5.74) is 2.36. The average Bonchev–Trinajstić information content (AvgIpc) is 2.91. The van der Waals surface area contributed by atoms with Crippen LogP contribution in [-0.4, -0.2) is 24.7 Å². The quantitative estimate of drug-likeness (QED) is 0.771. The Morgan fingerprint density at radius 1 is 1.47 bits per heavy atom. The third-order valence-corrected chi connectivity index (χ3v) is 3.35. The second-order valence-corrected chi connectivity index (χ2v) is 4.65. The lowest BCUT2D eigenvalue weighted by molar-refractivity contribution is 0.0698. The van der Waals surface area contributed by atoms with Gasteiger partial charge >= 0.3 is 5.97 Å². The Bertz CT molecular complexity index is 494. The summed E-state index contributed by atoms with van der Waals surface area (Å²) in [6, 6.07) is 4.96. The Morgan fingerprint density at radius 3 is 2.95 bits per heavy atom. The Morgan fingerprint density at radius 2 is 2.32 bits per heavy atom. The van der Waals surface area contributed by atoms with Gasteiger partial charge in [0.1, 0.15) is 5.75 Å². The number of benzene rings is 1. The summed E-state index contributed by atoms with van der Waals surface area (Å²) in [6.07, 6.45) is 6.84. The van der Waals surface area contributed by atoms with Crippen LogP contribution in [0.1, 0.15) is 36.0 Å². The van der Waals surface area contributed by atoms with Gasteiger partial charge in [0, 0.05) is 12.6 Å². The van der Waals surface area contributed by atoms with E-state index in [4.69, 9.17) is 9.84 Å². The first kappa shape index (κ1) is 13.5. The van der Waals surface area contributed by atoms with E-state index in [1.165, 1.54) is 24.8 Å². The van der Waals surface area contributed by atoms with Gasteiger partial charge in [0.15, 0.2) is 0 Å². The first-order valence-corrected chi connectivity index (χ1v) is 6.54. The van der Waals surface area contributed by atoms with E-state index in [1.54, 1.807) is 25.3 Å². The summed E-state index contributed by atoms with van der Waals surface area (Å²) in [7, 11) is 1.57. The molecule has 1 aliphatic rings. The second kappa shape index (κ2) is 6.27. The molecule has 2 rings (SSSR count). The molecule has 0 heterocycles. The van der Waals surface area contributed by atoms with Crippen LogP contribution >= 0.6 is 0 Å². The largest absolute Gasteiger partial charge is 0.497 e. The SMILES string of the molecule is COc1ccc(C(=O)O)c(NCCC2=CCCC2)c1. The molecular weight excluding hydrogens is 242 g/mol. The maximum Gasteiger partial charge on any atom is 0.337 e. The Balaban J connectivity index is 2.02. The molecule has 19 heavy (non-hydrogen) atoms. The maximum absolute atomic E-state index is 11.1. The van der Waals surface area contributed by atoms with Crippen LogP contribution < -0.4 is 10.1 Å². The van der Waals surface area contributed by atoms with Crippen molar-refractivity contribution in [2.24, 2.45) is 0 Å². The van der Waals surface area contributed by atoms with E-state index in [1.807, 2.05) is 0 Å². The Labute approximate surface area is 113 Å². The Kier molecular flexibility index (Phi) is 4.44. The molecule has 0 fully saturated rings. The summed E-state index contributed by atoms with van der Waals surface area (Å²) >= 11 is 0. The molecule has 102 valence electrons. The molecule has 4 nitrogen and oxygen atoms in total. The van der Waals surface area contributed by atoms with Gasteiger partial charge in [0.2, 0.25) is 0 Å². The summed E-state index contributed by atoms with van der Waals surface area (Å²) in [4.78, 5) is 11.1. The predicted octanol–water partition coefficient (Wildman–Crippen LogP) is 3.31. The summed E-state index contributed by atoms with van der Waals surface area (Å²) in [5.74, 6) is -0.266. The van der Waals surface area contributed by atoms with E-state index in [0.717, 1.165) is 13.0 Å². The van der Waals surface area contributed by atoms with Crippen molar-refractivity contribution < 1.29 is 14.6 Å². The fourth-order valence-electron chi connectivity index (χ4n) is 2.31. The highest BCUT2D eigenvalue weighted by atomic mass is 16.5. The Hall–Kier alpha value is -1.97. The number of methoxy groups -OCH3 is 1. The fourth-order valence-corrected chi connectivity index (χ4v) is 2.31. The zero-order valence-corrected chi connectivity index (χ0v) is 11.1. The highest BCUT2D eigenvalue weighted by Crippen LogP contribution is 2.24. The topological polar surface area (TPSA) is 58.6 Å². The molecule has 1 aromatic rings. The van der Waals surface area contributed by atoms with Crippen LogP contribution in [0.5, 0.6) is 5.75 Å². The lowest BCUT2D eigenvalue weighted by Gasteiger charge is -2.11. The maximum atomic E-state index is 11.1. The zero-order valence-electron chi connectivity index (χ0n) is 11.1. The van der Waals surface area contributed by atoms with Gasteiger partial charge in [-0.25, -0.2) is 4.79 Å². The van der Waals surface area contributed by atoms with Crippen LogP contribution in [0.25, 0.3) is 0 Å². The number of anilines is 1. The fraction of sp³-hybridized carbons (Fsp3) is 0.400. The van der Waals surface area contributed by atoms with Gasteiger partial charge in [-0.05, 0) is 37.8 Å². The lowest BCUT2D eigenvalue weighted by Crippen LogP contribution is -2.08. The van der Waals surface area contributed by atoms with Gasteiger partial charge in [0.05, 0.1) is 18.4 Å². The van der Waals surface area contributed by atoms with Crippen molar-refractivity contribution in [3.05, 3.63) is 35.4 Å². The molecular formula is C15H19NO3. The van der Waals surface area contributed by atoms with Crippen LogP contribution in [0.2, 0.25) is 0 Å². The number of rotatable bonds is 6. The highest BCUT2D eigenvalue weighted by molar-refractivity contribution is 5.94. The van der Waals surface area contributed by atoms with E-state index in [2.05, 4.69) is 11.4 Å². The molecule has 0 unspecified atom stereocenters. The van der Waals surface area contributed by atoms with Gasteiger partial charge in [-0.2, -0.15) is 0 Å². The molecule has 4 heteroatoms. The normalized spacial score (nSPS) is 14.1. The first-order valence-electron chi connectivity index (χ1n) is 6.54. The van der Waals surface area contributed by atoms with Crippen LogP contribution in [0.3, 0.4) is 0 Å². The standard InChI is InChI=1S/C15H19NO3/c1-19-12-6-7-13(15(17)18)14(10-12)16-9-8-11-4-2-3-5-11/h4,6-7,10,16H,2-3,5,8-9H2,1H3,(H,17,18). The molecule has 0 atom stereocenters. The van der Waals surface area contributed by atoms with Crippen molar-refractivity contribution in [3.8, 4) is 5.75 Å². The van der Waals surface area contributed by atoms with Crippen molar-refractivity contribution in [1.82, 2.24) is 0 Å². The molecule has 0 saturated carbocycles. The van der Waals surface area contributed by atoms with Crippen molar-refractivity contribution in [2.75, 3.05) is 19.0 Å². The summed E-state index contributed by atoms with van der Waals surface area (Å²) < 4.78 is 5.13. The molecule has 0 aliphatic heterocycles. The number of aromatic carboxylic acids is 1. The van der Waals surface area contributed by atoms with Crippen LogP contribution in [0, 0.1) is 0 Å². The minimum absolute atomic E-state index is 0.279. The van der Waals surface area contributed by atoms with Crippen LogP contribution in [-0.2, 0) is 0 Å². The van der Waals surface area contributed by atoms with E-state index in [9.17, 15) is 4.79 Å². The molecule has 0 amide bonds. The smallest absolute Gasteiger partial charge is 0.337 e. The molecule has 1 aromatic carbocycles. The third-order valence-electron chi connectivity index (χ3n) is 3.35. The minimum Gasteiger partial charge on any atom is -0.497 e. The molecule has 0 spiro atoms. The van der Waals surface area contributed by atoms with Crippen molar-refractivity contribution in [2.45, 2.75) is 25.7 Å². The van der Waals surface area contributed by atoms with Crippen molar-refractivity contribution in [1.29, 1.82) is 0 Å². The number of hydrogen-bond acceptors (Lipinski definition) is 3. The second-order valence-electron chi connectivity index (χ2n) is 4.65. The number of hydrogen-bond donors (Lipinski definition) is 2. The summed E-state index contributed by atoms with van der Waals surface area (Å²) in [5, 5.41) is 12.3. The minimum atomic E-state index is -0.926.